The van der Waals surface area contributed by atoms with Crippen molar-refractivity contribution in [2.75, 3.05) is 31.1 Å². The summed E-state index contributed by atoms with van der Waals surface area (Å²) < 4.78 is 0. The van der Waals surface area contributed by atoms with Crippen LogP contribution in [-0.2, 0) is 4.79 Å². The maximum atomic E-state index is 12.3. The van der Waals surface area contributed by atoms with Crippen molar-refractivity contribution in [3.05, 3.63) is 18.5 Å². The second kappa shape index (κ2) is 5.55. The van der Waals surface area contributed by atoms with Gasteiger partial charge in [0, 0.05) is 44.5 Å². The fraction of sp³-hybridized carbons (Fsp3) is 0.643. The lowest BCUT2D eigenvalue weighted by atomic mass is 10.1. The maximum absolute atomic E-state index is 12.3. The van der Waals surface area contributed by atoms with Crippen LogP contribution >= 0.6 is 0 Å². The van der Waals surface area contributed by atoms with Crippen molar-refractivity contribution < 1.29 is 4.79 Å². The smallest absolute Gasteiger partial charge is 0.225 e. The highest BCUT2D eigenvalue weighted by Crippen LogP contribution is 2.27. The molecule has 0 spiro atoms. The summed E-state index contributed by atoms with van der Waals surface area (Å²) in [6.07, 6.45) is 8.13. The van der Waals surface area contributed by atoms with Crippen molar-refractivity contribution in [3.8, 4) is 0 Å². The van der Waals surface area contributed by atoms with Crippen LogP contribution < -0.4 is 4.90 Å². The maximum Gasteiger partial charge on any atom is 0.225 e. The standard InChI is InChI=1S/C14H20N4O/c19-13(12-4-1-2-5-12)17-8-10-18(11-9-17)14-15-6-3-7-16-14/h3,6-7,12H,1-2,4-5,8-11H2. The normalized spacial score (nSPS) is 20.8. The van der Waals surface area contributed by atoms with Gasteiger partial charge >= 0.3 is 0 Å². The van der Waals surface area contributed by atoms with Crippen LogP contribution in [0.5, 0.6) is 0 Å². The van der Waals surface area contributed by atoms with Crippen LogP contribution in [0.2, 0.25) is 0 Å². The van der Waals surface area contributed by atoms with Gasteiger partial charge in [0.05, 0.1) is 0 Å². The Morgan fingerprint density at radius 1 is 1.05 bits per heavy atom. The quantitative estimate of drug-likeness (QED) is 0.804. The lowest BCUT2D eigenvalue weighted by Gasteiger charge is -2.35. The van der Waals surface area contributed by atoms with Crippen molar-refractivity contribution in [2.45, 2.75) is 25.7 Å². The van der Waals surface area contributed by atoms with Gasteiger partial charge < -0.3 is 9.80 Å². The SMILES string of the molecule is O=C(C1CCCC1)N1CCN(c2ncccn2)CC1. The van der Waals surface area contributed by atoms with E-state index in [4.69, 9.17) is 0 Å². The number of carbonyl (C=O) groups excluding carboxylic acids is 1. The summed E-state index contributed by atoms with van der Waals surface area (Å²) in [6, 6.07) is 1.82. The molecule has 0 aromatic carbocycles. The average Bonchev–Trinajstić information content (AvgIpc) is 3.02. The molecule has 2 heterocycles. The van der Waals surface area contributed by atoms with Gasteiger partial charge in [-0.05, 0) is 18.9 Å². The van der Waals surface area contributed by atoms with E-state index in [1.54, 1.807) is 12.4 Å². The van der Waals surface area contributed by atoms with Crippen LogP contribution in [0, 0.1) is 5.92 Å². The molecule has 5 nitrogen and oxygen atoms in total. The van der Waals surface area contributed by atoms with E-state index in [-0.39, 0.29) is 0 Å². The van der Waals surface area contributed by atoms with E-state index in [0.717, 1.165) is 45.0 Å². The molecule has 3 rings (SSSR count). The molecule has 2 fully saturated rings. The number of rotatable bonds is 2. The fourth-order valence-corrected chi connectivity index (χ4v) is 3.01. The Kier molecular flexibility index (Phi) is 3.62. The van der Waals surface area contributed by atoms with E-state index in [9.17, 15) is 4.79 Å². The van der Waals surface area contributed by atoms with Gasteiger partial charge in [0.25, 0.3) is 0 Å². The molecule has 1 aromatic heterocycles. The van der Waals surface area contributed by atoms with Crippen molar-refractivity contribution >= 4 is 11.9 Å². The average molecular weight is 260 g/mol. The molecule has 1 amide bonds. The summed E-state index contributed by atoms with van der Waals surface area (Å²) in [5, 5.41) is 0. The predicted molar refractivity (Wildman–Crippen MR) is 72.8 cm³/mol. The molecule has 0 bridgehead atoms. The molecule has 1 aliphatic carbocycles. The minimum atomic E-state index is 0.291. The molecule has 1 saturated heterocycles. The Morgan fingerprint density at radius 2 is 1.68 bits per heavy atom. The summed E-state index contributed by atoms with van der Waals surface area (Å²) in [5.74, 6) is 1.43. The lowest BCUT2D eigenvalue weighted by Crippen LogP contribution is -2.50. The number of piperazine rings is 1. The van der Waals surface area contributed by atoms with Crippen LogP contribution in [-0.4, -0.2) is 47.0 Å². The first kappa shape index (κ1) is 12.4. The highest BCUT2D eigenvalue weighted by Gasteiger charge is 2.29. The zero-order valence-electron chi connectivity index (χ0n) is 11.2. The number of anilines is 1. The molecular formula is C14H20N4O. The van der Waals surface area contributed by atoms with Gasteiger partial charge in [-0.15, -0.1) is 0 Å². The van der Waals surface area contributed by atoms with Crippen molar-refractivity contribution in [1.29, 1.82) is 0 Å². The molecule has 1 saturated carbocycles. The van der Waals surface area contributed by atoms with E-state index in [1.807, 2.05) is 11.0 Å². The monoisotopic (exact) mass is 260 g/mol. The molecule has 0 atom stereocenters. The van der Waals surface area contributed by atoms with Crippen LogP contribution in [0.1, 0.15) is 25.7 Å². The Labute approximate surface area is 113 Å². The minimum absolute atomic E-state index is 0.291. The molecule has 19 heavy (non-hydrogen) atoms. The zero-order valence-corrected chi connectivity index (χ0v) is 11.2. The third-order valence-electron chi connectivity index (χ3n) is 4.13. The van der Waals surface area contributed by atoms with Crippen LogP contribution in [0.25, 0.3) is 0 Å². The Hall–Kier alpha value is -1.65. The number of carbonyl (C=O) groups is 1. The van der Waals surface area contributed by atoms with Crippen molar-refractivity contribution in [1.82, 2.24) is 14.9 Å². The number of hydrogen-bond acceptors (Lipinski definition) is 4. The van der Waals surface area contributed by atoms with E-state index in [1.165, 1.54) is 12.8 Å². The highest BCUT2D eigenvalue weighted by molar-refractivity contribution is 5.79. The van der Waals surface area contributed by atoms with Crippen molar-refractivity contribution in [3.63, 3.8) is 0 Å². The third-order valence-corrected chi connectivity index (χ3v) is 4.13. The van der Waals surface area contributed by atoms with Crippen LogP contribution in [0.4, 0.5) is 5.95 Å². The third kappa shape index (κ3) is 2.69. The molecule has 1 aromatic rings. The van der Waals surface area contributed by atoms with Gasteiger partial charge in [0.15, 0.2) is 0 Å². The summed E-state index contributed by atoms with van der Waals surface area (Å²) in [4.78, 5) is 25.0. The molecule has 2 aliphatic rings. The topological polar surface area (TPSA) is 49.3 Å². The Morgan fingerprint density at radius 3 is 2.32 bits per heavy atom. The molecule has 0 unspecified atom stereocenters. The van der Waals surface area contributed by atoms with Crippen LogP contribution in [0.3, 0.4) is 0 Å². The number of aromatic nitrogens is 2. The number of hydrogen-bond donors (Lipinski definition) is 0. The van der Waals surface area contributed by atoms with Crippen LogP contribution in [0.15, 0.2) is 18.5 Å². The second-order valence-electron chi connectivity index (χ2n) is 5.34. The second-order valence-corrected chi connectivity index (χ2v) is 5.34. The molecule has 0 N–H and O–H groups in total. The first-order valence-electron chi connectivity index (χ1n) is 7.15. The van der Waals surface area contributed by atoms with Gasteiger partial charge in [-0.25, -0.2) is 9.97 Å². The highest BCUT2D eigenvalue weighted by atomic mass is 16.2. The van der Waals surface area contributed by atoms with E-state index in [0.29, 0.717) is 11.8 Å². The summed E-state index contributed by atoms with van der Waals surface area (Å²) in [7, 11) is 0. The molecule has 102 valence electrons. The van der Waals surface area contributed by atoms with E-state index >= 15 is 0 Å². The van der Waals surface area contributed by atoms with Gasteiger partial charge in [-0.2, -0.15) is 0 Å². The van der Waals surface area contributed by atoms with Gasteiger partial charge in [0.2, 0.25) is 11.9 Å². The molecule has 5 heteroatoms. The number of nitrogens with zero attached hydrogens (tertiary/aromatic N) is 4. The lowest BCUT2D eigenvalue weighted by molar-refractivity contribution is -0.135. The zero-order chi connectivity index (χ0) is 13.1. The summed E-state index contributed by atoms with van der Waals surface area (Å²) in [6.45, 7) is 3.27. The summed E-state index contributed by atoms with van der Waals surface area (Å²) >= 11 is 0. The Balaban J connectivity index is 1.56. The molecule has 1 aliphatic heterocycles. The van der Waals surface area contributed by atoms with Gasteiger partial charge in [-0.3, -0.25) is 4.79 Å². The predicted octanol–water partition coefficient (Wildman–Crippen LogP) is 1.32. The van der Waals surface area contributed by atoms with Gasteiger partial charge in [0.1, 0.15) is 0 Å². The van der Waals surface area contributed by atoms with Crippen molar-refractivity contribution in [2.24, 2.45) is 5.92 Å². The minimum Gasteiger partial charge on any atom is -0.339 e. The first-order valence-corrected chi connectivity index (χ1v) is 7.15. The number of amides is 1. The molecular weight excluding hydrogens is 240 g/mol. The Bertz CT molecular complexity index is 422. The summed E-state index contributed by atoms with van der Waals surface area (Å²) in [5.41, 5.74) is 0. The largest absolute Gasteiger partial charge is 0.339 e. The van der Waals surface area contributed by atoms with E-state index in [2.05, 4.69) is 14.9 Å². The molecule has 0 radical (unpaired) electrons. The fourth-order valence-electron chi connectivity index (χ4n) is 3.01. The first-order chi connectivity index (χ1) is 9.34. The van der Waals surface area contributed by atoms with Gasteiger partial charge in [-0.1, -0.05) is 12.8 Å². The van der Waals surface area contributed by atoms with E-state index < -0.39 is 0 Å².